The van der Waals surface area contributed by atoms with Gasteiger partial charge in [-0.15, -0.1) is 0 Å². The molecule has 2 aromatic carbocycles. The van der Waals surface area contributed by atoms with Crippen LogP contribution in [0, 0.1) is 0 Å². The predicted molar refractivity (Wildman–Crippen MR) is 123 cm³/mol. The minimum Gasteiger partial charge on any atom is -0.482 e. The van der Waals surface area contributed by atoms with Crippen LogP contribution in [0.3, 0.4) is 0 Å². The lowest BCUT2D eigenvalue weighted by Gasteiger charge is -2.35. The van der Waals surface area contributed by atoms with Crippen LogP contribution < -0.4 is 10.1 Å². The quantitative estimate of drug-likeness (QED) is 0.516. The fourth-order valence-electron chi connectivity index (χ4n) is 3.70. The monoisotopic (exact) mass is 460 g/mol. The van der Waals surface area contributed by atoms with Gasteiger partial charge in [0.1, 0.15) is 5.75 Å². The van der Waals surface area contributed by atoms with Crippen molar-refractivity contribution in [1.29, 1.82) is 0 Å². The Kier molecular flexibility index (Phi) is 6.95. The van der Waals surface area contributed by atoms with Crippen molar-refractivity contribution < 1.29 is 9.53 Å². The van der Waals surface area contributed by atoms with Crippen molar-refractivity contribution in [3.8, 4) is 5.75 Å². The van der Waals surface area contributed by atoms with Crippen LogP contribution in [0.25, 0.3) is 0 Å². The van der Waals surface area contributed by atoms with Gasteiger partial charge in [-0.05, 0) is 58.1 Å². The second-order valence-electron chi connectivity index (χ2n) is 7.23. The van der Waals surface area contributed by atoms with E-state index in [1.807, 2.05) is 0 Å². The number of nitrogens with zero attached hydrogens (tertiary/aromatic N) is 1. The molecular formula is C23H22Cl2N2O2S. The van der Waals surface area contributed by atoms with E-state index in [2.05, 4.69) is 51.3 Å². The maximum Gasteiger partial charge on any atom is 0.258 e. The number of halogens is 2. The van der Waals surface area contributed by atoms with Crippen molar-refractivity contribution in [3.63, 3.8) is 0 Å². The summed E-state index contributed by atoms with van der Waals surface area (Å²) < 4.78 is 5.55. The summed E-state index contributed by atoms with van der Waals surface area (Å²) in [5.41, 5.74) is 3.99. The minimum absolute atomic E-state index is 0.0967. The molecule has 1 amide bonds. The molecule has 1 N–H and O–H groups in total. The molecule has 1 atom stereocenters. The van der Waals surface area contributed by atoms with E-state index >= 15 is 0 Å². The first kappa shape index (κ1) is 21.2. The van der Waals surface area contributed by atoms with Gasteiger partial charge in [-0.3, -0.25) is 9.69 Å². The molecule has 0 spiro atoms. The molecule has 1 aliphatic heterocycles. The van der Waals surface area contributed by atoms with Gasteiger partial charge in [0.25, 0.3) is 5.91 Å². The maximum absolute atomic E-state index is 12.4. The van der Waals surface area contributed by atoms with Gasteiger partial charge >= 0.3 is 0 Å². The fourth-order valence-corrected chi connectivity index (χ4v) is 4.87. The number of thiophene rings is 1. The summed E-state index contributed by atoms with van der Waals surface area (Å²) in [5, 5.41) is 8.17. The van der Waals surface area contributed by atoms with Gasteiger partial charge in [-0.1, -0.05) is 47.5 Å². The number of hydrogen-bond donors (Lipinski definition) is 1. The van der Waals surface area contributed by atoms with Crippen molar-refractivity contribution in [1.82, 2.24) is 10.2 Å². The first-order valence-electron chi connectivity index (χ1n) is 9.77. The van der Waals surface area contributed by atoms with E-state index in [0.717, 1.165) is 19.5 Å². The maximum atomic E-state index is 12.4. The highest BCUT2D eigenvalue weighted by atomic mass is 35.5. The van der Waals surface area contributed by atoms with E-state index in [-0.39, 0.29) is 18.6 Å². The molecular weight excluding hydrogens is 439 g/mol. The molecule has 0 aliphatic carbocycles. The highest BCUT2D eigenvalue weighted by Crippen LogP contribution is 2.29. The van der Waals surface area contributed by atoms with Crippen LogP contribution >= 0.6 is 34.5 Å². The molecule has 1 aromatic heterocycles. The number of fused-ring (bicyclic) bond motifs is 1. The van der Waals surface area contributed by atoms with E-state index in [9.17, 15) is 4.79 Å². The van der Waals surface area contributed by atoms with Crippen LogP contribution in [-0.4, -0.2) is 30.5 Å². The summed E-state index contributed by atoms with van der Waals surface area (Å²) in [4.78, 5) is 14.9. The highest BCUT2D eigenvalue weighted by Gasteiger charge is 2.25. The molecule has 0 fully saturated rings. The Hall–Kier alpha value is -2.05. The smallest absolute Gasteiger partial charge is 0.258 e. The lowest BCUT2D eigenvalue weighted by Crippen LogP contribution is -2.41. The van der Waals surface area contributed by atoms with E-state index in [0.29, 0.717) is 22.3 Å². The van der Waals surface area contributed by atoms with Gasteiger partial charge in [0.05, 0.1) is 11.1 Å². The fraction of sp³-hybridized carbons (Fsp3) is 0.261. The molecule has 30 heavy (non-hydrogen) atoms. The van der Waals surface area contributed by atoms with Crippen molar-refractivity contribution in [2.45, 2.75) is 19.0 Å². The number of nitrogens with one attached hydrogen (secondary N) is 1. The topological polar surface area (TPSA) is 41.6 Å². The van der Waals surface area contributed by atoms with Crippen LogP contribution in [0.1, 0.15) is 22.7 Å². The zero-order valence-electron chi connectivity index (χ0n) is 16.3. The zero-order chi connectivity index (χ0) is 20.9. The summed E-state index contributed by atoms with van der Waals surface area (Å²) in [6.45, 7) is 2.27. The molecule has 0 saturated heterocycles. The van der Waals surface area contributed by atoms with E-state index in [1.54, 1.807) is 29.5 Å². The summed E-state index contributed by atoms with van der Waals surface area (Å²) >= 11 is 13.7. The third kappa shape index (κ3) is 5.16. The van der Waals surface area contributed by atoms with Crippen LogP contribution in [-0.2, 0) is 17.8 Å². The lowest BCUT2D eigenvalue weighted by atomic mass is 9.97. The first-order valence-corrected chi connectivity index (χ1v) is 11.5. The van der Waals surface area contributed by atoms with E-state index < -0.39 is 0 Å². The van der Waals surface area contributed by atoms with Crippen molar-refractivity contribution in [2.75, 3.05) is 19.7 Å². The van der Waals surface area contributed by atoms with E-state index in [4.69, 9.17) is 27.9 Å². The Morgan fingerprint density at radius 2 is 2.00 bits per heavy atom. The Balaban J connectivity index is 1.38. The van der Waals surface area contributed by atoms with Crippen LogP contribution in [0.15, 0.2) is 59.3 Å². The Morgan fingerprint density at radius 3 is 2.77 bits per heavy atom. The molecule has 7 heteroatoms. The Morgan fingerprint density at radius 1 is 1.17 bits per heavy atom. The van der Waals surface area contributed by atoms with Gasteiger partial charge < -0.3 is 10.1 Å². The Bertz CT molecular complexity index is 1010. The molecule has 1 aliphatic rings. The van der Waals surface area contributed by atoms with E-state index in [1.165, 1.54) is 16.7 Å². The number of ether oxygens (including phenoxy) is 1. The largest absolute Gasteiger partial charge is 0.482 e. The molecule has 0 radical (unpaired) electrons. The average Bonchev–Trinajstić information content (AvgIpc) is 3.28. The molecule has 3 aromatic rings. The van der Waals surface area contributed by atoms with Crippen molar-refractivity contribution >= 4 is 40.4 Å². The van der Waals surface area contributed by atoms with Crippen LogP contribution in [0.5, 0.6) is 5.75 Å². The summed E-state index contributed by atoms with van der Waals surface area (Å²) in [7, 11) is 0. The number of benzene rings is 2. The molecule has 4 rings (SSSR count). The molecule has 0 unspecified atom stereocenters. The second-order valence-corrected chi connectivity index (χ2v) is 8.85. The van der Waals surface area contributed by atoms with Gasteiger partial charge in [0, 0.05) is 24.7 Å². The van der Waals surface area contributed by atoms with Gasteiger partial charge in [0.15, 0.2) is 6.61 Å². The summed E-state index contributed by atoms with van der Waals surface area (Å²) in [6, 6.07) is 15.8. The molecule has 2 heterocycles. The second kappa shape index (κ2) is 9.84. The number of carbonyl (C=O) groups excluding carboxylic acids is 1. The molecule has 0 saturated carbocycles. The third-order valence-electron chi connectivity index (χ3n) is 5.27. The zero-order valence-corrected chi connectivity index (χ0v) is 18.6. The SMILES string of the molecule is O=C(COc1ccc(Cl)cc1Cl)NC[C@H](c1ccsc1)N1CCc2ccccc2C1. The van der Waals surface area contributed by atoms with Crippen molar-refractivity contribution in [2.24, 2.45) is 0 Å². The molecule has 156 valence electrons. The normalized spacial score (nSPS) is 14.7. The minimum atomic E-state index is -0.182. The number of carbonyl (C=O) groups is 1. The first-order chi connectivity index (χ1) is 14.6. The molecule has 4 nitrogen and oxygen atoms in total. The number of rotatable bonds is 7. The van der Waals surface area contributed by atoms with Gasteiger partial charge in [-0.25, -0.2) is 0 Å². The molecule has 0 bridgehead atoms. The standard InChI is InChI=1S/C23H22Cl2N2O2S/c24-19-5-6-22(20(25)11-19)29-14-23(28)26-12-21(18-8-10-30-15-18)27-9-7-16-3-1-2-4-17(16)13-27/h1-6,8,10-11,15,21H,7,9,12-14H2,(H,26,28)/t21-/m1/s1. The van der Waals surface area contributed by atoms with Gasteiger partial charge in [-0.2, -0.15) is 11.3 Å². The predicted octanol–water partition coefficient (Wildman–Crippen LogP) is 5.35. The van der Waals surface area contributed by atoms with Gasteiger partial charge in [0.2, 0.25) is 0 Å². The highest BCUT2D eigenvalue weighted by molar-refractivity contribution is 7.08. The lowest BCUT2D eigenvalue weighted by molar-refractivity contribution is -0.123. The van der Waals surface area contributed by atoms with Crippen LogP contribution in [0.4, 0.5) is 0 Å². The summed E-state index contributed by atoms with van der Waals surface area (Å²) in [5.74, 6) is 0.261. The van der Waals surface area contributed by atoms with Crippen molar-refractivity contribution in [3.05, 3.63) is 86.0 Å². The summed E-state index contributed by atoms with van der Waals surface area (Å²) in [6.07, 6.45) is 1.02. The number of amides is 1. The number of hydrogen-bond acceptors (Lipinski definition) is 4. The third-order valence-corrected chi connectivity index (χ3v) is 6.51. The van der Waals surface area contributed by atoms with Crippen LogP contribution in [0.2, 0.25) is 10.0 Å². The Labute approximate surface area is 190 Å². The average molecular weight is 461 g/mol.